The fourth-order valence-electron chi connectivity index (χ4n) is 1.85. The highest BCUT2D eigenvalue weighted by Gasteiger charge is 2.10. The molecule has 0 atom stereocenters. The number of anilines is 1. The van der Waals surface area contributed by atoms with Crippen molar-refractivity contribution in [2.24, 2.45) is 5.73 Å². The minimum absolute atomic E-state index is 0.526. The first-order valence-corrected chi connectivity index (χ1v) is 6.41. The molecule has 2 rings (SSSR count). The summed E-state index contributed by atoms with van der Waals surface area (Å²) in [6.07, 6.45) is 0. The minimum Gasteiger partial charge on any atom is -0.363 e. The minimum atomic E-state index is 0.526. The summed E-state index contributed by atoms with van der Waals surface area (Å²) in [7, 11) is 0. The van der Waals surface area contributed by atoms with Crippen molar-refractivity contribution < 1.29 is 0 Å². The van der Waals surface area contributed by atoms with Crippen molar-refractivity contribution in [2.75, 3.05) is 5.32 Å². The SMILES string of the molecule is Cc1nnc(NCc2ccc(CN)cc2)c(C#N)c1C. The van der Waals surface area contributed by atoms with Gasteiger partial charge >= 0.3 is 0 Å². The molecule has 0 saturated heterocycles. The standard InChI is InChI=1S/C15H17N5/c1-10-11(2)19-20-15(14(10)8-17)18-9-13-5-3-12(7-16)4-6-13/h3-6H,7,9,16H2,1-2H3,(H,18,20). The van der Waals surface area contributed by atoms with Crippen molar-refractivity contribution >= 4 is 5.82 Å². The molecule has 0 aliphatic carbocycles. The van der Waals surface area contributed by atoms with Crippen LogP contribution in [0.2, 0.25) is 0 Å². The van der Waals surface area contributed by atoms with Gasteiger partial charge in [0.1, 0.15) is 11.6 Å². The van der Waals surface area contributed by atoms with Crippen LogP contribution >= 0.6 is 0 Å². The van der Waals surface area contributed by atoms with Gasteiger partial charge in [-0.05, 0) is 30.5 Å². The predicted molar refractivity (Wildman–Crippen MR) is 77.9 cm³/mol. The maximum absolute atomic E-state index is 9.22. The van der Waals surface area contributed by atoms with Gasteiger partial charge in [-0.2, -0.15) is 10.4 Å². The number of hydrogen-bond donors (Lipinski definition) is 2. The molecular weight excluding hydrogens is 250 g/mol. The molecule has 3 N–H and O–H groups in total. The quantitative estimate of drug-likeness (QED) is 0.885. The molecular formula is C15H17N5. The van der Waals surface area contributed by atoms with E-state index in [2.05, 4.69) is 21.6 Å². The van der Waals surface area contributed by atoms with Gasteiger partial charge in [0.2, 0.25) is 0 Å². The molecule has 0 amide bonds. The Morgan fingerprint density at radius 2 is 1.80 bits per heavy atom. The lowest BCUT2D eigenvalue weighted by Gasteiger charge is -2.09. The van der Waals surface area contributed by atoms with Crippen LogP contribution in [0.5, 0.6) is 0 Å². The van der Waals surface area contributed by atoms with Gasteiger partial charge in [-0.1, -0.05) is 24.3 Å². The monoisotopic (exact) mass is 267 g/mol. The number of benzene rings is 1. The second-order valence-electron chi connectivity index (χ2n) is 4.62. The van der Waals surface area contributed by atoms with Gasteiger partial charge in [-0.3, -0.25) is 0 Å². The average Bonchev–Trinajstić information content (AvgIpc) is 2.49. The number of nitrogens with one attached hydrogen (secondary N) is 1. The zero-order chi connectivity index (χ0) is 14.5. The maximum Gasteiger partial charge on any atom is 0.167 e. The number of nitrogens with two attached hydrogens (primary N) is 1. The third kappa shape index (κ3) is 2.92. The third-order valence-corrected chi connectivity index (χ3v) is 3.28. The lowest BCUT2D eigenvalue weighted by molar-refractivity contribution is 0.940. The summed E-state index contributed by atoms with van der Waals surface area (Å²) >= 11 is 0. The highest BCUT2D eigenvalue weighted by atomic mass is 15.2. The molecule has 0 bridgehead atoms. The predicted octanol–water partition coefficient (Wildman–Crippen LogP) is 2.04. The largest absolute Gasteiger partial charge is 0.363 e. The van der Waals surface area contributed by atoms with E-state index < -0.39 is 0 Å². The highest BCUT2D eigenvalue weighted by Crippen LogP contribution is 2.17. The van der Waals surface area contributed by atoms with Gasteiger partial charge in [0.25, 0.3) is 0 Å². The van der Waals surface area contributed by atoms with E-state index in [1.54, 1.807) is 0 Å². The van der Waals surface area contributed by atoms with Gasteiger partial charge in [0.05, 0.1) is 5.69 Å². The summed E-state index contributed by atoms with van der Waals surface area (Å²) in [6, 6.07) is 10.2. The Balaban J connectivity index is 2.14. The van der Waals surface area contributed by atoms with Crippen molar-refractivity contribution in [3.8, 4) is 6.07 Å². The Hall–Kier alpha value is -2.45. The second kappa shape index (κ2) is 6.13. The first-order chi connectivity index (χ1) is 9.65. The molecule has 2 aromatic rings. The Kier molecular flexibility index (Phi) is 4.28. The molecule has 0 aliphatic heterocycles. The van der Waals surface area contributed by atoms with Crippen LogP contribution in [0.3, 0.4) is 0 Å². The molecule has 1 aromatic carbocycles. The Morgan fingerprint density at radius 1 is 1.15 bits per heavy atom. The molecule has 0 unspecified atom stereocenters. The number of nitriles is 1. The van der Waals surface area contributed by atoms with Crippen LogP contribution in [-0.4, -0.2) is 10.2 Å². The van der Waals surface area contributed by atoms with Crippen LogP contribution in [0.15, 0.2) is 24.3 Å². The molecule has 5 nitrogen and oxygen atoms in total. The fourth-order valence-corrected chi connectivity index (χ4v) is 1.85. The van der Waals surface area contributed by atoms with Crippen LogP contribution in [-0.2, 0) is 13.1 Å². The molecule has 0 saturated carbocycles. The zero-order valence-electron chi connectivity index (χ0n) is 11.6. The first-order valence-electron chi connectivity index (χ1n) is 6.41. The van der Waals surface area contributed by atoms with E-state index in [9.17, 15) is 5.26 Å². The lowest BCUT2D eigenvalue weighted by Crippen LogP contribution is -2.07. The Labute approximate surface area is 118 Å². The maximum atomic E-state index is 9.22. The Morgan fingerprint density at radius 3 is 2.40 bits per heavy atom. The Bertz CT molecular complexity index is 641. The van der Waals surface area contributed by atoms with E-state index in [4.69, 9.17) is 5.73 Å². The molecule has 20 heavy (non-hydrogen) atoms. The van der Waals surface area contributed by atoms with Gasteiger partial charge in [0.15, 0.2) is 5.82 Å². The highest BCUT2D eigenvalue weighted by molar-refractivity contribution is 5.55. The van der Waals surface area contributed by atoms with E-state index in [0.717, 1.165) is 22.4 Å². The molecule has 0 aliphatic rings. The van der Waals surface area contributed by atoms with Crippen LogP contribution in [0.1, 0.15) is 27.9 Å². The van der Waals surface area contributed by atoms with Crippen LogP contribution in [0.25, 0.3) is 0 Å². The van der Waals surface area contributed by atoms with Crippen LogP contribution in [0.4, 0.5) is 5.82 Å². The number of nitrogens with zero attached hydrogens (tertiary/aromatic N) is 3. The van der Waals surface area contributed by atoms with Crippen molar-refractivity contribution in [1.82, 2.24) is 10.2 Å². The van der Waals surface area contributed by atoms with Crippen molar-refractivity contribution in [2.45, 2.75) is 26.9 Å². The summed E-state index contributed by atoms with van der Waals surface area (Å²) in [5.74, 6) is 0.526. The van der Waals surface area contributed by atoms with Gasteiger partial charge in [0, 0.05) is 13.1 Å². The molecule has 102 valence electrons. The first kappa shape index (κ1) is 14.0. The van der Waals surface area contributed by atoms with Crippen LogP contribution in [0, 0.1) is 25.2 Å². The van der Waals surface area contributed by atoms with Gasteiger partial charge < -0.3 is 11.1 Å². The summed E-state index contributed by atoms with van der Waals surface area (Å²) in [4.78, 5) is 0. The summed E-state index contributed by atoms with van der Waals surface area (Å²) in [5.41, 5.74) is 9.95. The molecule has 5 heteroatoms. The molecule has 0 radical (unpaired) electrons. The van der Waals surface area contributed by atoms with Crippen molar-refractivity contribution in [3.63, 3.8) is 0 Å². The molecule has 0 spiro atoms. The van der Waals surface area contributed by atoms with Crippen LogP contribution < -0.4 is 11.1 Å². The number of hydrogen-bond acceptors (Lipinski definition) is 5. The normalized spacial score (nSPS) is 10.1. The van der Waals surface area contributed by atoms with Gasteiger partial charge in [-0.15, -0.1) is 5.10 Å². The third-order valence-electron chi connectivity index (χ3n) is 3.28. The van der Waals surface area contributed by atoms with Gasteiger partial charge in [-0.25, -0.2) is 0 Å². The number of aromatic nitrogens is 2. The van der Waals surface area contributed by atoms with Crippen molar-refractivity contribution in [1.29, 1.82) is 5.26 Å². The van der Waals surface area contributed by atoms with E-state index >= 15 is 0 Å². The number of aryl methyl sites for hydroxylation is 1. The van der Waals surface area contributed by atoms with E-state index in [0.29, 0.717) is 24.5 Å². The molecule has 1 heterocycles. The second-order valence-corrected chi connectivity index (χ2v) is 4.62. The summed E-state index contributed by atoms with van der Waals surface area (Å²) < 4.78 is 0. The topological polar surface area (TPSA) is 87.6 Å². The average molecular weight is 267 g/mol. The van der Waals surface area contributed by atoms with E-state index in [1.807, 2.05) is 38.1 Å². The van der Waals surface area contributed by atoms with Crippen molar-refractivity contribution in [3.05, 3.63) is 52.2 Å². The summed E-state index contributed by atoms with van der Waals surface area (Å²) in [5, 5.41) is 20.5. The molecule has 1 aromatic heterocycles. The molecule has 0 fully saturated rings. The smallest absolute Gasteiger partial charge is 0.167 e. The van der Waals surface area contributed by atoms with E-state index in [-0.39, 0.29) is 0 Å². The summed E-state index contributed by atoms with van der Waals surface area (Å²) in [6.45, 7) is 4.86. The van der Waals surface area contributed by atoms with E-state index in [1.165, 1.54) is 0 Å². The fraction of sp³-hybridized carbons (Fsp3) is 0.267. The zero-order valence-corrected chi connectivity index (χ0v) is 11.6. The lowest BCUT2D eigenvalue weighted by atomic mass is 10.1. The number of rotatable bonds is 4.